The molecule has 1 saturated heterocycles. The molecule has 0 aliphatic carbocycles. The Bertz CT molecular complexity index is 323. The van der Waals surface area contributed by atoms with Crippen molar-refractivity contribution in [3.05, 3.63) is 24.2 Å². The second-order valence-corrected chi connectivity index (χ2v) is 5.11. The van der Waals surface area contributed by atoms with Gasteiger partial charge in [-0.1, -0.05) is 13.3 Å². The normalized spacial score (nSPS) is 25.7. The van der Waals surface area contributed by atoms with Gasteiger partial charge < -0.3 is 10.2 Å². The van der Waals surface area contributed by atoms with Crippen LogP contribution in [0.1, 0.15) is 51.3 Å². The zero-order valence-corrected chi connectivity index (χ0v) is 10.9. The van der Waals surface area contributed by atoms with Gasteiger partial charge in [-0.3, -0.25) is 4.90 Å². The van der Waals surface area contributed by atoms with Gasteiger partial charge in [0.05, 0.1) is 12.3 Å². The van der Waals surface area contributed by atoms with Crippen LogP contribution in [0.2, 0.25) is 0 Å². The van der Waals surface area contributed by atoms with Gasteiger partial charge in [-0.25, -0.2) is 0 Å². The van der Waals surface area contributed by atoms with Crippen LogP contribution < -0.4 is 5.73 Å². The second-order valence-electron chi connectivity index (χ2n) is 5.11. The highest BCUT2D eigenvalue weighted by atomic mass is 16.3. The highest BCUT2D eigenvalue weighted by Crippen LogP contribution is 2.31. The van der Waals surface area contributed by atoms with Gasteiger partial charge in [0, 0.05) is 12.1 Å². The third-order valence-corrected chi connectivity index (χ3v) is 3.92. The van der Waals surface area contributed by atoms with Crippen LogP contribution in [0.5, 0.6) is 0 Å². The van der Waals surface area contributed by atoms with E-state index in [9.17, 15) is 0 Å². The predicted molar refractivity (Wildman–Crippen MR) is 69.7 cm³/mol. The van der Waals surface area contributed by atoms with E-state index in [0.717, 1.165) is 18.7 Å². The third kappa shape index (κ3) is 2.72. The summed E-state index contributed by atoms with van der Waals surface area (Å²) in [5.41, 5.74) is 6.30. The Balaban J connectivity index is 2.20. The zero-order valence-electron chi connectivity index (χ0n) is 10.9. The Labute approximate surface area is 104 Å². The quantitative estimate of drug-likeness (QED) is 0.874. The molecule has 0 bridgehead atoms. The SMILES string of the molecule is CCC(N)C(c1ccco1)N1CCCCC1C. The molecule has 1 aliphatic rings. The first kappa shape index (κ1) is 12.7. The molecular weight excluding hydrogens is 212 g/mol. The van der Waals surface area contributed by atoms with Crippen molar-refractivity contribution < 1.29 is 4.42 Å². The summed E-state index contributed by atoms with van der Waals surface area (Å²) < 4.78 is 5.60. The van der Waals surface area contributed by atoms with Gasteiger partial charge in [-0.2, -0.15) is 0 Å². The van der Waals surface area contributed by atoms with E-state index in [1.807, 2.05) is 6.07 Å². The minimum Gasteiger partial charge on any atom is -0.468 e. The van der Waals surface area contributed by atoms with E-state index in [1.165, 1.54) is 19.3 Å². The summed E-state index contributed by atoms with van der Waals surface area (Å²) in [4.78, 5) is 2.52. The van der Waals surface area contributed by atoms with Crippen molar-refractivity contribution in [2.75, 3.05) is 6.54 Å². The van der Waals surface area contributed by atoms with E-state index in [0.29, 0.717) is 6.04 Å². The summed E-state index contributed by atoms with van der Waals surface area (Å²) >= 11 is 0. The Morgan fingerprint density at radius 3 is 2.94 bits per heavy atom. The lowest BCUT2D eigenvalue weighted by atomic mass is 9.95. The Morgan fingerprint density at radius 2 is 2.35 bits per heavy atom. The maximum Gasteiger partial charge on any atom is 0.122 e. The van der Waals surface area contributed by atoms with E-state index in [2.05, 4.69) is 24.8 Å². The number of nitrogens with zero attached hydrogens (tertiary/aromatic N) is 1. The summed E-state index contributed by atoms with van der Waals surface area (Å²) in [5, 5.41) is 0. The number of piperidine rings is 1. The highest BCUT2D eigenvalue weighted by molar-refractivity contribution is 5.08. The minimum atomic E-state index is 0.154. The summed E-state index contributed by atoms with van der Waals surface area (Å²) in [5.74, 6) is 1.02. The molecule has 2 rings (SSSR count). The van der Waals surface area contributed by atoms with Crippen molar-refractivity contribution in [1.29, 1.82) is 0 Å². The Morgan fingerprint density at radius 1 is 1.53 bits per heavy atom. The highest BCUT2D eigenvalue weighted by Gasteiger charge is 2.32. The molecule has 2 heterocycles. The van der Waals surface area contributed by atoms with Gasteiger partial charge in [0.2, 0.25) is 0 Å². The van der Waals surface area contributed by atoms with Crippen LogP contribution in [-0.2, 0) is 0 Å². The van der Waals surface area contributed by atoms with E-state index >= 15 is 0 Å². The molecule has 0 amide bonds. The van der Waals surface area contributed by atoms with Crippen LogP contribution >= 0.6 is 0 Å². The van der Waals surface area contributed by atoms with Gasteiger partial charge in [-0.15, -0.1) is 0 Å². The monoisotopic (exact) mass is 236 g/mol. The molecule has 0 saturated carbocycles. The average Bonchev–Trinajstić information content (AvgIpc) is 2.85. The standard InChI is InChI=1S/C14H24N2O/c1-3-12(15)14(13-8-6-10-17-13)16-9-5-4-7-11(16)2/h6,8,10-12,14H,3-5,7,9,15H2,1-2H3. The number of hydrogen-bond acceptors (Lipinski definition) is 3. The van der Waals surface area contributed by atoms with Crippen LogP contribution in [0.15, 0.2) is 22.8 Å². The topological polar surface area (TPSA) is 42.4 Å². The Kier molecular flexibility index (Phi) is 4.24. The van der Waals surface area contributed by atoms with Crippen molar-refractivity contribution in [3.8, 4) is 0 Å². The van der Waals surface area contributed by atoms with Crippen LogP contribution in [0, 0.1) is 0 Å². The maximum atomic E-state index is 6.30. The van der Waals surface area contributed by atoms with E-state index in [4.69, 9.17) is 10.2 Å². The van der Waals surface area contributed by atoms with Crippen LogP contribution in [0.4, 0.5) is 0 Å². The molecule has 0 aromatic carbocycles. The van der Waals surface area contributed by atoms with Crippen molar-refractivity contribution in [2.24, 2.45) is 5.73 Å². The molecule has 96 valence electrons. The molecule has 3 atom stereocenters. The molecule has 1 fully saturated rings. The van der Waals surface area contributed by atoms with Gasteiger partial charge in [0.25, 0.3) is 0 Å². The molecule has 3 heteroatoms. The van der Waals surface area contributed by atoms with Crippen molar-refractivity contribution in [3.63, 3.8) is 0 Å². The number of rotatable bonds is 4. The van der Waals surface area contributed by atoms with Crippen LogP contribution in [0.25, 0.3) is 0 Å². The second kappa shape index (κ2) is 5.69. The van der Waals surface area contributed by atoms with Crippen molar-refractivity contribution >= 4 is 0 Å². The molecule has 0 radical (unpaired) electrons. The van der Waals surface area contributed by atoms with Crippen molar-refractivity contribution in [1.82, 2.24) is 4.90 Å². The van der Waals surface area contributed by atoms with Crippen LogP contribution in [-0.4, -0.2) is 23.5 Å². The molecule has 1 aromatic rings. The van der Waals surface area contributed by atoms with Gasteiger partial charge in [0.15, 0.2) is 0 Å². The number of nitrogens with two attached hydrogens (primary N) is 1. The lowest BCUT2D eigenvalue weighted by Gasteiger charge is -2.41. The largest absolute Gasteiger partial charge is 0.468 e. The fraction of sp³-hybridized carbons (Fsp3) is 0.714. The minimum absolute atomic E-state index is 0.154. The molecule has 0 spiro atoms. The maximum absolute atomic E-state index is 6.30. The lowest BCUT2D eigenvalue weighted by molar-refractivity contribution is 0.0750. The van der Waals surface area contributed by atoms with Gasteiger partial charge >= 0.3 is 0 Å². The van der Waals surface area contributed by atoms with Crippen molar-refractivity contribution in [2.45, 2.75) is 57.7 Å². The fourth-order valence-corrected chi connectivity index (χ4v) is 2.84. The Hall–Kier alpha value is -0.800. The van der Waals surface area contributed by atoms with E-state index in [-0.39, 0.29) is 12.1 Å². The van der Waals surface area contributed by atoms with Gasteiger partial charge in [-0.05, 0) is 44.9 Å². The third-order valence-electron chi connectivity index (χ3n) is 3.92. The number of hydrogen-bond donors (Lipinski definition) is 1. The molecule has 2 N–H and O–H groups in total. The summed E-state index contributed by atoms with van der Waals surface area (Å²) in [7, 11) is 0. The molecule has 3 nitrogen and oxygen atoms in total. The zero-order chi connectivity index (χ0) is 12.3. The smallest absolute Gasteiger partial charge is 0.122 e. The number of furan rings is 1. The fourth-order valence-electron chi connectivity index (χ4n) is 2.84. The molecule has 1 aromatic heterocycles. The summed E-state index contributed by atoms with van der Waals surface area (Å²) in [6.45, 7) is 5.59. The summed E-state index contributed by atoms with van der Waals surface area (Å²) in [6.07, 6.45) is 6.61. The summed E-state index contributed by atoms with van der Waals surface area (Å²) in [6, 6.07) is 5.02. The predicted octanol–water partition coefficient (Wildman–Crippen LogP) is 2.93. The van der Waals surface area contributed by atoms with Gasteiger partial charge in [0.1, 0.15) is 5.76 Å². The lowest BCUT2D eigenvalue weighted by Crippen LogP contribution is -2.47. The molecule has 1 aliphatic heterocycles. The van der Waals surface area contributed by atoms with E-state index in [1.54, 1.807) is 6.26 Å². The molecule has 17 heavy (non-hydrogen) atoms. The molecular formula is C14H24N2O. The average molecular weight is 236 g/mol. The first-order valence-electron chi connectivity index (χ1n) is 6.78. The van der Waals surface area contributed by atoms with E-state index < -0.39 is 0 Å². The number of likely N-dealkylation sites (tertiary alicyclic amines) is 1. The first-order chi connectivity index (χ1) is 8.24. The molecule has 3 unspecified atom stereocenters. The first-order valence-corrected chi connectivity index (χ1v) is 6.78. The van der Waals surface area contributed by atoms with Crippen LogP contribution in [0.3, 0.4) is 0 Å².